The van der Waals surface area contributed by atoms with Crippen LogP contribution in [0.1, 0.15) is 21.5 Å². The molecule has 0 fully saturated rings. The number of hydrazone groups is 1. The van der Waals surface area contributed by atoms with Crippen LogP contribution in [0.3, 0.4) is 0 Å². The van der Waals surface area contributed by atoms with Crippen LogP contribution in [0, 0.1) is 10.1 Å². The molecule has 0 atom stereocenters. The summed E-state index contributed by atoms with van der Waals surface area (Å²) < 4.78 is 5.83. The molecule has 0 bridgehead atoms. The van der Waals surface area contributed by atoms with Crippen molar-refractivity contribution in [2.24, 2.45) is 5.10 Å². The Balaban J connectivity index is 1.62. The zero-order valence-corrected chi connectivity index (χ0v) is 15.9. The lowest BCUT2D eigenvalue weighted by molar-refractivity contribution is -0.384. The van der Waals surface area contributed by atoms with Crippen LogP contribution in [0.4, 0.5) is 5.69 Å². The number of carbonyl (C=O) groups is 1. The van der Waals surface area contributed by atoms with Crippen LogP contribution in [-0.4, -0.2) is 17.0 Å². The lowest BCUT2D eigenvalue weighted by atomic mass is 10.2. The molecule has 0 saturated carbocycles. The monoisotopic (exact) mass is 409 g/mol. The summed E-state index contributed by atoms with van der Waals surface area (Å²) in [6, 6.07) is 19.9. The van der Waals surface area contributed by atoms with Crippen LogP contribution in [-0.2, 0) is 6.61 Å². The summed E-state index contributed by atoms with van der Waals surface area (Å²) in [5.74, 6) is 0.131. The molecule has 0 unspecified atom stereocenters. The average Bonchev–Trinajstić information content (AvgIpc) is 2.74. The van der Waals surface area contributed by atoms with E-state index in [-0.39, 0.29) is 11.3 Å². The lowest BCUT2D eigenvalue weighted by Crippen LogP contribution is -2.17. The molecule has 1 N–H and O–H groups in total. The summed E-state index contributed by atoms with van der Waals surface area (Å²) in [5, 5.41) is 15.3. The van der Waals surface area contributed by atoms with Gasteiger partial charge in [0.1, 0.15) is 12.4 Å². The molecule has 0 spiro atoms. The van der Waals surface area contributed by atoms with Crippen LogP contribution in [0.5, 0.6) is 5.75 Å². The van der Waals surface area contributed by atoms with Gasteiger partial charge in [-0.05, 0) is 42.0 Å². The van der Waals surface area contributed by atoms with E-state index < -0.39 is 10.8 Å². The number of nitrogens with one attached hydrogen (secondary N) is 1. The number of benzene rings is 3. The molecule has 0 radical (unpaired) electrons. The van der Waals surface area contributed by atoms with Crippen molar-refractivity contribution >= 4 is 29.4 Å². The van der Waals surface area contributed by atoms with E-state index >= 15 is 0 Å². The number of non-ortho nitro benzene ring substituents is 1. The summed E-state index contributed by atoms with van der Waals surface area (Å²) >= 11 is 5.88. The molecule has 0 aromatic heterocycles. The largest absolute Gasteiger partial charge is 0.488 e. The molecule has 1 amide bonds. The third-order valence-corrected chi connectivity index (χ3v) is 4.19. The maximum Gasteiger partial charge on any atom is 0.271 e. The SMILES string of the molecule is O=C(N/N=C/c1ccccc1OCc1ccc(Cl)cc1)c1ccc([N+](=O)[O-])cc1. The summed E-state index contributed by atoms with van der Waals surface area (Å²) in [7, 11) is 0. The highest BCUT2D eigenvalue weighted by Gasteiger charge is 2.09. The standard InChI is InChI=1S/C21H16ClN3O4/c22-18-9-5-15(6-10-18)14-29-20-4-2-1-3-17(20)13-23-24-21(26)16-7-11-19(12-8-16)25(27)28/h1-13H,14H2,(H,24,26)/b23-13+. The molecule has 0 aliphatic heterocycles. The van der Waals surface area contributed by atoms with Gasteiger partial charge in [-0.3, -0.25) is 14.9 Å². The maximum absolute atomic E-state index is 12.1. The van der Waals surface area contributed by atoms with E-state index in [4.69, 9.17) is 16.3 Å². The smallest absolute Gasteiger partial charge is 0.271 e. The first-order chi connectivity index (χ1) is 14.0. The van der Waals surface area contributed by atoms with E-state index in [2.05, 4.69) is 10.5 Å². The number of amides is 1. The van der Waals surface area contributed by atoms with Gasteiger partial charge >= 0.3 is 0 Å². The van der Waals surface area contributed by atoms with Gasteiger partial charge in [0.2, 0.25) is 0 Å². The van der Waals surface area contributed by atoms with Crippen LogP contribution >= 0.6 is 11.6 Å². The van der Waals surface area contributed by atoms with Crippen molar-refractivity contribution < 1.29 is 14.5 Å². The highest BCUT2D eigenvalue weighted by Crippen LogP contribution is 2.18. The molecule has 0 saturated heterocycles. The molecule has 8 heteroatoms. The second-order valence-corrected chi connectivity index (χ2v) is 6.39. The van der Waals surface area contributed by atoms with Gasteiger partial charge < -0.3 is 4.74 Å². The Morgan fingerprint density at radius 1 is 1.07 bits per heavy atom. The number of hydrogen-bond donors (Lipinski definition) is 1. The van der Waals surface area contributed by atoms with Crippen molar-refractivity contribution in [3.05, 3.63) is 105 Å². The van der Waals surface area contributed by atoms with Crippen molar-refractivity contribution in [3.63, 3.8) is 0 Å². The maximum atomic E-state index is 12.1. The molecule has 0 aliphatic carbocycles. The lowest BCUT2D eigenvalue weighted by Gasteiger charge is -2.09. The number of para-hydroxylation sites is 1. The average molecular weight is 410 g/mol. The third-order valence-electron chi connectivity index (χ3n) is 3.94. The zero-order valence-electron chi connectivity index (χ0n) is 15.1. The second-order valence-electron chi connectivity index (χ2n) is 5.96. The first kappa shape index (κ1) is 20.0. The Bertz CT molecular complexity index is 1030. The zero-order chi connectivity index (χ0) is 20.6. The van der Waals surface area contributed by atoms with Crippen LogP contribution in [0.25, 0.3) is 0 Å². The van der Waals surface area contributed by atoms with Gasteiger partial charge in [0.15, 0.2) is 0 Å². The van der Waals surface area contributed by atoms with Gasteiger partial charge in [0, 0.05) is 28.3 Å². The van der Waals surface area contributed by atoms with Gasteiger partial charge in [-0.1, -0.05) is 35.9 Å². The third kappa shape index (κ3) is 5.63. The molecule has 3 rings (SSSR count). The summed E-state index contributed by atoms with van der Waals surface area (Å²) in [5.41, 5.74) is 4.22. The summed E-state index contributed by atoms with van der Waals surface area (Å²) in [4.78, 5) is 22.2. The number of hydrogen-bond acceptors (Lipinski definition) is 5. The Hall–Kier alpha value is -3.71. The highest BCUT2D eigenvalue weighted by atomic mass is 35.5. The minimum Gasteiger partial charge on any atom is -0.488 e. The van der Waals surface area contributed by atoms with Crippen LogP contribution in [0.2, 0.25) is 5.02 Å². The van der Waals surface area contributed by atoms with E-state index in [0.29, 0.717) is 22.9 Å². The Morgan fingerprint density at radius 2 is 1.76 bits per heavy atom. The minimum absolute atomic E-state index is 0.0863. The van der Waals surface area contributed by atoms with E-state index in [1.54, 1.807) is 24.3 Å². The predicted octanol–water partition coefficient (Wildman–Crippen LogP) is 4.59. The minimum atomic E-state index is -0.527. The Kier molecular flexibility index (Phi) is 6.55. The second kappa shape index (κ2) is 9.48. The highest BCUT2D eigenvalue weighted by molar-refractivity contribution is 6.30. The van der Waals surface area contributed by atoms with E-state index in [9.17, 15) is 14.9 Å². The molecular formula is C21H16ClN3O4. The fourth-order valence-electron chi connectivity index (χ4n) is 2.42. The summed E-state index contributed by atoms with van der Waals surface area (Å²) in [6.07, 6.45) is 1.47. The first-order valence-corrected chi connectivity index (χ1v) is 8.95. The molecular weight excluding hydrogens is 394 g/mol. The quantitative estimate of drug-likeness (QED) is 0.351. The van der Waals surface area contributed by atoms with Crippen molar-refractivity contribution in [1.82, 2.24) is 5.43 Å². The van der Waals surface area contributed by atoms with Gasteiger partial charge in [-0.15, -0.1) is 0 Å². The fraction of sp³-hybridized carbons (Fsp3) is 0.0476. The molecule has 29 heavy (non-hydrogen) atoms. The number of ether oxygens (including phenoxy) is 1. The van der Waals surface area contributed by atoms with Crippen LogP contribution < -0.4 is 10.2 Å². The Morgan fingerprint density at radius 3 is 2.45 bits per heavy atom. The number of halogens is 1. The Labute approximate surface area is 171 Å². The number of rotatable bonds is 7. The topological polar surface area (TPSA) is 93.8 Å². The summed E-state index contributed by atoms with van der Waals surface area (Å²) in [6.45, 7) is 0.358. The number of nitro benzene ring substituents is 1. The molecule has 0 aliphatic rings. The molecule has 0 heterocycles. The number of nitro groups is 1. The normalized spacial score (nSPS) is 10.7. The van der Waals surface area contributed by atoms with Crippen molar-refractivity contribution in [1.29, 1.82) is 0 Å². The molecule has 3 aromatic rings. The van der Waals surface area contributed by atoms with Crippen molar-refractivity contribution in [2.45, 2.75) is 6.61 Å². The fourth-order valence-corrected chi connectivity index (χ4v) is 2.55. The predicted molar refractivity (Wildman–Crippen MR) is 110 cm³/mol. The van der Waals surface area contributed by atoms with E-state index in [1.165, 1.54) is 30.5 Å². The van der Waals surface area contributed by atoms with Crippen molar-refractivity contribution in [3.8, 4) is 5.75 Å². The molecule has 7 nitrogen and oxygen atoms in total. The van der Waals surface area contributed by atoms with Crippen molar-refractivity contribution in [2.75, 3.05) is 0 Å². The van der Waals surface area contributed by atoms with Gasteiger partial charge in [0.25, 0.3) is 11.6 Å². The number of nitrogens with zero attached hydrogens (tertiary/aromatic N) is 2. The van der Waals surface area contributed by atoms with E-state index in [0.717, 1.165) is 5.56 Å². The van der Waals surface area contributed by atoms with Gasteiger partial charge in [-0.2, -0.15) is 5.10 Å². The van der Waals surface area contributed by atoms with E-state index in [1.807, 2.05) is 24.3 Å². The van der Waals surface area contributed by atoms with Gasteiger partial charge in [0.05, 0.1) is 11.1 Å². The first-order valence-electron chi connectivity index (χ1n) is 8.57. The molecule has 146 valence electrons. The number of carbonyl (C=O) groups excluding carboxylic acids is 1. The molecule has 3 aromatic carbocycles. The van der Waals surface area contributed by atoms with Crippen LogP contribution in [0.15, 0.2) is 77.9 Å². The van der Waals surface area contributed by atoms with Gasteiger partial charge in [-0.25, -0.2) is 5.43 Å².